The van der Waals surface area contributed by atoms with E-state index < -0.39 is 5.54 Å². The molecule has 1 amide bonds. The lowest BCUT2D eigenvalue weighted by molar-refractivity contribution is -0.127. The third-order valence-electron chi connectivity index (χ3n) is 2.36. The van der Waals surface area contributed by atoms with Crippen molar-refractivity contribution in [3.8, 4) is 0 Å². The summed E-state index contributed by atoms with van der Waals surface area (Å²) in [7, 11) is 0. The number of rotatable bonds is 5. The zero-order chi connectivity index (χ0) is 12.2. The summed E-state index contributed by atoms with van der Waals surface area (Å²) < 4.78 is 0. The minimum atomic E-state index is -0.541. The molecule has 0 saturated heterocycles. The molecule has 5 heteroatoms. The Bertz CT molecular complexity index is 335. The van der Waals surface area contributed by atoms with Gasteiger partial charge in [0.2, 0.25) is 5.91 Å². The molecular formula is C11H19N3OS. The van der Waals surface area contributed by atoms with Crippen LogP contribution in [0.15, 0.2) is 11.6 Å². The summed E-state index contributed by atoms with van der Waals surface area (Å²) in [5.41, 5.74) is -0.541. The van der Waals surface area contributed by atoms with Crippen molar-refractivity contribution in [2.24, 2.45) is 0 Å². The van der Waals surface area contributed by atoms with E-state index >= 15 is 0 Å². The molecule has 1 aromatic rings. The maximum absolute atomic E-state index is 12.0. The first-order chi connectivity index (χ1) is 7.47. The van der Waals surface area contributed by atoms with Crippen molar-refractivity contribution in [2.75, 3.05) is 6.54 Å². The van der Waals surface area contributed by atoms with E-state index in [2.05, 4.69) is 15.6 Å². The minimum Gasteiger partial charge on any atom is -0.346 e. The highest BCUT2D eigenvalue weighted by atomic mass is 32.1. The second kappa shape index (κ2) is 5.41. The molecule has 90 valence electrons. The molecule has 1 aromatic heterocycles. The number of amides is 1. The molecule has 0 radical (unpaired) electrons. The van der Waals surface area contributed by atoms with E-state index in [1.807, 2.05) is 33.1 Å². The quantitative estimate of drug-likeness (QED) is 0.825. The normalized spacial score (nSPS) is 13.5. The summed E-state index contributed by atoms with van der Waals surface area (Å²) in [5, 5.41) is 8.94. The predicted octanol–water partition coefficient (Wildman–Crippen LogP) is 1.71. The van der Waals surface area contributed by atoms with Crippen molar-refractivity contribution in [1.82, 2.24) is 15.6 Å². The van der Waals surface area contributed by atoms with Crippen molar-refractivity contribution < 1.29 is 4.79 Å². The van der Waals surface area contributed by atoms with E-state index in [-0.39, 0.29) is 11.9 Å². The Morgan fingerprint density at radius 2 is 2.31 bits per heavy atom. The van der Waals surface area contributed by atoms with Crippen molar-refractivity contribution in [2.45, 2.75) is 39.3 Å². The number of nitrogens with one attached hydrogen (secondary N) is 2. The molecule has 0 aromatic carbocycles. The smallest absolute Gasteiger partial charge is 0.240 e. The van der Waals surface area contributed by atoms with E-state index in [0.29, 0.717) is 0 Å². The first kappa shape index (κ1) is 13.1. The molecule has 4 nitrogen and oxygen atoms in total. The number of hydrogen-bond donors (Lipinski definition) is 2. The molecule has 0 fully saturated rings. The van der Waals surface area contributed by atoms with E-state index in [4.69, 9.17) is 0 Å². The van der Waals surface area contributed by atoms with Gasteiger partial charge in [-0.2, -0.15) is 0 Å². The third-order valence-corrected chi connectivity index (χ3v) is 3.31. The van der Waals surface area contributed by atoms with Crippen molar-refractivity contribution >= 4 is 17.2 Å². The van der Waals surface area contributed by atoms with Crippen LogP contribution in [0, 0.1) is 0 Å². The van der Waals surface area contributed by atoms with Gasteiger partial charge in [-0.1, -0.05) is 6.92 Å². The van der Waals surface area contributed by atoms with E-state index in [9.17, 15) is 4.79 Å². The Balaban J connectivity index is 2.57. The van der Waals surface area contributed by atoms with Crippen LogP contribution in [0.3, 0.4) is 0 Å². The Labute approximate surface area is 100 Å². The number of carbonyl (C=O) groups excluding carboxylic acids is 1. The van der Waals surface area contributed by atoms with Gasteiger partial charge in [0, 0.05) is 11.6 Å². The van der Waals surface area contributed by atoms with Gasteiger partial charge in [0.25, 0.3) is 0 Å². The molecule has 1 rings (SSSR count). The summed E-state index contributed by atoms with van der Waals surface area (Å²) in [6, 6.07) is -0.0366. The molecule has 0 aliphatic heterocycles. The Morgan fingerprint density at radius 3 is 2.81 bits per heavy atom. The molecular weight excluding hydrogens is 222 g/mol. The summed E-state index contributed by atoms with van der Waals surface area (Å²) in [5.74, 6) is -0.00273. The molecule has 1 unspecified atom stereocenters. The highest BCUT2D eigenvalue weighted by Crippen LogP contribution is 2.15. The van der Waals surface area contributed by atoms with Crippen molar-refractivity contribution in [1.29, 1.82) is 0 Å². The second-order valence-electron chi connectivity index (χ2n) is 4.22. The van der Waals surface area contributed by atoms with Gasteiger partial charge in [-0.25, -0.2) is 4.98 Å². The van der Waals surface area contributed by atoms with Crippen LogP contribution in [0.5, 0.6) is 0 Å². The molecule has 0 aliphatic carbocycles. The van der Waals surface area contributed by atoms with E-state index in [0.717, 1.165) is 11.6 Å². The van der Waals surface area contributed by atoms with Crippen LogP contribution in [0.1, 0.15) is 38.7 Å². The Kier molecular flexibility index (Phi) is 4.44. The van der Waals surface area contributed by atoms with Gasteiger partial charge in [-0.05, 0) is 27.3 Å². The summed E-state index contributed by atoms with van der Waals surface area (Å²) in [4.78, 5) is 16.1. The average Bonchev–Trinajstić information content (AvgIpc) is 2.70. The van der Waals surface area contributed by atoms with Crippen LogP contribution >= 0.6 is 11.3 Å². The fraction of sp³-hybridized carbons (Fsp3) is 0.636. The summed E-state index contributed by atoms with van der Waals surface area (Å²) in [6.45, 7) is 8.45. The number of carbonyl (C=O) groups is 1. The zero-order valence-corrected chi connectivity index (χ0v) is 11.0. The van der Waals surface area contributed by atoms with Gasteiger partial charge in [-0.3, -0.25) is 4.79 Å². The summed E-state index contributed by atoms with van der Waals surface area (Å²) >= 11 is 1.55. The number of nitrogens with zero attached hydrogens (tertiary/aromatic N) is 1. The van der Waals surface area contributed by atoms with Gasteiger partial charge < -0.3 is 10.6 Å². The van der Waals surface area contributed by atoms with Crippen LogP contribution in [0.2, 0.25) is 0 Å². The van der Waals surface area contributed by atoms with Crippen LogP contribution < -0.4 is 10.6 Å². The molecule has 16 heavy (non-hydrogen) atoms. The number of aromatic nitrogens is 1. The maximum atomic E-state index is 12.0. The molecule has 0 bridgehead atoms. The fourth-order valence-electron chi connectivity index (χ4n) is 1.41. The number of thiazole rings is 1. The fourth-order valence-corrected chi connectivity index (χ4v) is 2.06. The largest absolute Gasteiger partial charge is 0.346 e. The van der Waals surface area contributed by atoms with Crippen LogP contribution in [-0.4, -0.2) is 23.0 Å². The second-order valence-corrected chi connectivity index (χ2v) is 5.15. The predicted molar refractivity (Wildman–Crippen MR) is 66.4 cm³/mol. The van der Waals surface area contributed by atoms with Crippen LogP contribution in [0.25, 0.3) is 0 Å². The van der Waals surface area contributed by atoms with Crippen LogP contribution in [-0.2, 0) is 4.79 Å². The number of likely N-dealkylation sites (N-methyl/N-ethyl adjacent to an activating group) is 1. The Hall–Kier alpha value is -0.940. The molecule has 0 aliphatic rings. The minimum absolute atomic E-state index is 0.00273. The van der Waals surface area contributed by atoms with Gasteiger partial charge >= 0.3 is 0 Å². The highest BCUT2D eigenvalue weighted by molar-refractivity contribution is 7.09. The monoisotopic (exact) mass is 241 g/mol. The molecule has 2 N–H and O–H groups in total. The summed E-state index contributed by atoms with van der Waals surface area (Å²) in [6.07, 6.45) is 1.75. The first-order valence-corrected chi connectivity index (χ1v) is 6.30. The number of hydrogen-bond acceptors (Lipinski definition) is 4. The third kappa shape index (κ3) is 3.28. The lowest BCUT2D eigenvalue weighted by atomic mass is 10.0. The lowest BCUT2D eigenvalue weighted by Gasteiger charge is -2.26. The van der Waals surface area contributed by atoms with E-state index in [1.165, 1.54) is 0 Å². The first-order valence-electron chi connectivity index (χ1n) is 5.42. The van der Waals surface area contributed by atoms with Gasteiger partial charge in [0.15, 0.2) is 0 Å². The molecule has 0 saturated carbocycles. The molecule has 1 atom stereocenters. The van der Waals surface area contributed by atoms with E-state index in [1.54, 1.807) is 17.5 Å². The average molecular weight is 241 g/mol. The van der Waals surface area contributed by atoms with Gasteiger partial charge in [0.05, 0.1) is 11.6 Å². The molecule has 1 heterocycles. The zero-order valence-electron chi connectivity index (χ0n) is 10.2. The maximum Gasteiger partial charge on any atom is 0.240 e. The van der Waals surface area contributed by atoms with Gasteiger partial charge in [0.1, 0.15) is 5.01 Å². The lowest BCUT2D eigenvalue weighted by Crippen LogP contribution is -2.52. The van der Waals surface area contributed by atoms with Crippen molar-refractivity contribution in [3.63, 3.8) is 0 Å². The Morgan fingerprint density at radius 1 is 1.62 bits per heavy atom. The highest BCUT2D eigenvalue weighted by Gasteiger charge is 2.27. The van der Waals surface area contributed by atoms with Crippen LogP contribution in [0.4, 0.5) is 0 Å². The topological polar surface area (TPSA) is 54.0 Å². The van der Waals surface area contributed by atoms with Gasteiger partial charge in [-0.15, -0.1) is 11.3 Å². The SMILES string of the molecule is CCNC(C)(C)C(=O)NC(C)c1nccs1. The standard InChI is InChI=1S/C11H19N3OS/c1-5-13-11(3,4)10(15)14-8(2)9-12-6-7-16-9/h6-8,13H,5H2,1-4H3,(H,14,15). The molecule has 0 spiro atoms. The van der Waals surface area contributed by atoms with Crippen molar-refractivity contribution in [3.05, 3.63) is 16.6 Å².